The summed E-state index contributed by atoms with van der Waals surface area (Å²) in [4.78, 5) is 0.0845. The second kappa shape index (κ2) is 11.3. The Kier molecular flexibility index (Phi) is 13.1. The molecule has 17 heavy (non-hydrogen) atoms. The molecule has 0 saturated heterocycles. The molecule has 2 heteroatoms. The van der Waals surface area contributed by atoms with Crippen LogP contribution in [0.3, 0.4) is 0 Å². The maximum atomic E-state index is 6.88. The summed E-state index contributed by atoms with van der Waals surface area (Å²) in [5, 5.41) is 0. The van der Waals surface area contributed by atoms with Crippen LogP contribution in [0.4, 0.5) is 0 Å². The predicted molar refractivity (Wildman–Crippen MR) is 81.3 cm³/mol. The van der Waals surface area contributed by atoms with Gasteiger partial charge in [0.2, 0.25) is 0 Å². The summed E-state index contributed by atoms with van der Waals surface area (Å²) in [6.45, 7) is 9.14. The van der Waals surface area contributed by atoms with Crippen molar-refractivity contribution in [2.75, 3.05) is 0 Å². The minimum Gasteiger partial charge on any atom is -0.344 e. The Bertz CT molecular complexity index is 151. The Hall–Kier alpha value is 0.250. The van der Waals surface area contributed by atoms with E-state index in [1.54, 1.807) is 0 Å². The van der Waals surface area contributed by atoms with E-state index in [-0.39, 0.29) is 11.0 Å². The van der Waals surface area contributed by atoms with Crippen molar-refractivity contribution >= 4 is 11.6 Å². The SMILES string of the molecule is CCCCC(C)C(Cl)(CCCC)CCCC.N. The summed E-state index contributed by atoms with van der Waals surface area (Å²) in [5.74, 6) is 0.673. The highest BCUT2D eigenvalue weighted by atomic mass is 35.5. The van der Waals surface area contributed by atoms with Gasteiger partial charge in [0.15, 0.2) is 0 Å². The molecule has 0 radical (unpaired) electrons. The van der Waals surface area contributed by atoms with Crippen LogP contribution in [-0.2, 0) is 0 Å². The number of hydrogen-bond acceptors (Lipinski definition) is 1. The molecule has 0 fully saturated rings. The quantitative estimate of drug-likeness (QED) is 0.459. The molecule has 0 heterocycles. The van der Waals surface area contributed by atoms with Gasteiger partial charge in [-0.1, -0.05) is 66.2 Å². The number of unbranched alkanes of at least 4 members (excludes halogenated alkanes) is 3. The summed E-state index contributed by atoms with van der Waals surface area (Å²) in [7, 11) is 0. The molecule has 0 aromatic carbocycles. The molecule has 0 aliphatic rings. The Morgan fingerprint density at radius 1 is 0.882 bits per heavy atom. The van der Waals surface area contributed by atoms with Crippen LogP contribution < -0.4 is 6.15 Å². The number of halogens is 1. The summed E-state index contributed by atoms with van der Waals surface area (Å²) in [6.07, 6.45) is 11.4. The van der Waals surface area contributed by atoms with E-state index in [0.29, 0.717) is 5.92 Å². The molecule has 0 aliphatic heterocycles. The zero-order valence-corrected chi connectivity index (χ0v) is 13.3. The van der Waals surface area contributed by atoms with Crippen molar-refractivity contribution < 1.29 is 0 Å². The molecule has 3 N–H and O–H groups in total. The van der Waals surface area contributed by atoms with Crippen molar-refractivity contribution in [3.8, 4) is 0 Å². The van der Waals surface area contributed by atoms with Crippen molar-refractivity contribution in [2.45, 2.75) is 90.4 Å². The lowest BCUT2D eigenvalue weighted by atomic mass is 9.81. The van der Waals surface area contributed by atoms with Gasteiger partial charge in [0, 0.05) is 4.87 Å². The van der Waals surface area contributed by atoms with E-state index >= 15 is 0 Å². The minimum atomic E-state index is 0. The zero-order chi connectivity index (χ0) is 12.4. The highest BCUT2D eigenvalue weighted by Gasteiger charge is 2.31. The fourth-order valence-corrected chi connectivity index (χ4v) is 2.70. The molecule has 1 atom stereocenters. The van der Waals surface area contributed by atoms with Gasteiger partial charge in [0.1, 0.15) is 0 Å². The number of rotatable bonds is 10. The van der Waals surface area contributed by atoms with Crippen LogP contribution in [0.5, 0.6) is 0 Å². The molecule has 1 nitrogen and oxygen atoms in total. The first kappa shape index (κ1) is 19.6. The van der Waals surface area contributed by atoms with E-state index in [1.807, 2.05) is 0 Å². The Labute approximate surface area is 114 Å². The molecule has 1 unspecified atom stereocenters. The van der Waals surface area contributed by atoms with Crippen molar-refractivity contribution in [1.82, 2.24) is 6.15 Å². The molecule has 0 saturated carbocycles. The molecule has 0 rings (SSSR count). The first-order chi connectivity index (χ1) is 7.60. The third-order valence-electron chi connectivity index (χ3n) is 3.77. The van der Waals surface area contributed by atoms with Gasteiger partial charge in [-0.15, -0.1) is 11.6 Å². The first-order valence-electron chi connectivity index (χ1n) is 7.29. The largest absolute Gasteiger partial charge is 0.344 e. The molecule has 0 aromatic heterocycles. The molecular weight excluding hydrogens is 230 g/mol. The summed E-state index contributed by atoms with van der Waals surface area (Å²) < 4.78 is 0. The van der Waals surface area contributed by atoms with Crippen LogP contribution in [0.2, 0.25) is 0 Å². The highest BCUT2D eigenvalue weighted by molar-refractivity contribution is 6.24. The van der Waals surface area contributed by atoms with Gasteiger partial charge in [-0.25, -0.2) is 0 Å². The van der Waals surface area contributed by atoms with E-state index in [4.69, 9.17) is 11.6 Å². The molecule has 0 amide bonds. The van der Waals surface area contributed by atoms with Crippen LogP contribution in [0.1, 0.15) is 85.5 Å². The monoisotopic (exact) mass is 263 g/mol. The lowest BCUT2D eigenvalue weighted by Gasteiger charge is -2.34. The standard InChI is InChI=1S/C15H31Cl.H3N/c1-5-8-11-14(4)15(16,12-9-6-2)13-10-7-3;/h14H,5-13H2,1-4H3;1H3. The lowest BCUT2D eigenvalue weighted by molar-refractivity contribution is 0.312. The molecule has 0 aromatic rings. The van der Waals surface area contributed by atoms with Crippen molar-refractivity contribution in [1.29, 1.82) is 0 Å². The van der Waals surface area contributed by atoms with Gasteiger partial charge >= 0.3 is 0 Å². The molecule has 0 spiro atoms. The van der Waals surface area contributed by atoms with Gasteiger partial charge in [0.25, 0.3) is 0 Å². The lowest BCUT2D eigenvalue weighted by Crippen LogP contribution is -2.30. The van der Waals surface area contributed by atoms with Crippen molar-refractivity contribution in [2.24, 2.45) is 5.92 Å². The predicted octanol–water partition coefficient (Wildman–Crippen LogP) is 6.33. The fourth-order valence-electron chi connectivity index (χ4n) is 2.33. The van der Waals surface area contributed by atoms with E-state index < -0.39 is 0 Å². The van der Waals surface area contributed by atoms with Crippen molar-refractivity contribution in [3.05, 3.63) is 0 Å². The summed E-state index contributed by atoms with van der Waals surface area (Å²) in [6, 6.07) is 0. The van der Waals surface area contributed by atoms with Gasteiger partial charge in [-0.2, -0.15) is 0 Å². The van der Waals surface area contributed by atoms with Gasteiger partial charge in [-0.05, 0) is 25.2 Å². The first-order valence-corrected chi connectivity index (χ1v) is 7.67. The van der Waals surface area contributed by atoms with Gasteiger partial charge < -0.3 is 6.15 Å². The second-order valence-corrected chi connectivity index (χ2v) is 6.04. The van der Waals surface area contributed by atoms with E-state index in [1.165, 1.54) is 57.8 Å². The average molecular weight is 264 g/mol. The maximum Gasteiger partial charge on any atom is 0.0472 e. The molecule has 0 aliphatic carbocycles. The Morgan fingerprint density at radius 3 is 1.65 bits per heavy atom. The molecule has 0 bridgehead atoms. The van der Waals surface area contributed by atoms with E-state index in [9.17, 15) is 0 Å². The summed E-state index contributed by atoms with van der Waals surface area (Å²) >= 11 is 6.88. The van der Waals surface area contributed by atoms with Gasteiger partial charge in [0.05, 0.1) is 0 Å². The summed E-state index contributed by atoms with van der Waals surface area (Å²) in [5.41, 5.74) is 0. The van der Waals surface area contributed by atoms with E-state index in [2.05, 4.69) is 27.7 Å². The maximum absolute atomic E-state index is 6.88. The van der Waals surface area contributed by atoms with Crippen LogP contribution >= 0.6 is 11.6 Å². The topological polar surface area (TPSA) is 35.0 Å². The molecular formula is C15H34ClN. The zero-order valence-electron chi connectivity index (χ0n) is 12.5. The van der Waals surface area contributed by atoms with Crippen LogP contribution in [0.25, 0.3) is 0 Å². The highest BCUT2D eigenvalue weighted by Crippen LogP contribution is 2.38. The minimum absolute atomic E-state index is 0. The average Bonchev–Trinajstić information content (AvgIpc) is 2.30. The van der Waals surface area contributed by atoms with E-state index in [0.717, 1.165) is 0 Å². The van der Waals surface area contributed by atoms with Gasteiger partial charge in [-0.3, -0.25) is 0 Å². The Morgan fingerprint density at radius 2 is 1.29 bits per heavy atom. The Balaban J connectivity index is 0. The second-order valence-electron chi connectivity index (χ2n) is 5.29. The number of hydrogen-bond donors (Lipinski definition) is 1. The normalized spacial score (nSPS) is 13.2. The van der Waals surface area contributed by atoms with Crippen LogP contribution in [0, 0.1) is 5.92 Å². The fraction of sp³-hybridized carbons (Fsp3) is 1.00. The third-order valence-corrected chi connectivity index (χ3v) is 4.52. The molecule has 106 valence electrons. The smallest absolute Gasteiger partial charge is 0.0472 e. The van der Waals surface area contributed by atoms with Crippen LogP contribution in [-0.4, -0.2) is 4.87 Å². The third kappa shape index (κ3) is 8.05. The number of alkyl halides is 1. The van der Waals surface area contributed by atoms with Crippen LogP contribution in [0.15, 0.2) is 0 Å². The van der Waals surface area contributed by atoms with Crippen molar-refractivity contribution in [3.63, 3.8) is 0 Å².